The van der Waals surface area contributed by atoms with E-state index in [4.69, 9.17) is 10.00 Å². The van der Waals surface area contributed by atoms with Gasteiger partial charge in [0.25, 0.3) is 0 Å². The SMILES string of the molecule is COc1cc(C(F)(F)F)cc(C=O)c1CC#N. The van der Waals surface area contributed by atoms with Gasteiger partial charge in [0.15, 0.2) is 6.29 Å². The van der Waals surface area contributed by atoms with Crippen LogP contribution in [0, 0.1) is 11.3 Å². The van der Waals surface area contributed by atoms with Gasteiger partial charge in [-0.3, -0.25) is 4.79 Å². The molecule has 0 unspecified atom stereocenters. The number of nitriles is 1. The van der Waals surface area contributed by atoms with Gasteiger partial charge in [-0.25, -0.2) is 0 Å². The molecular weight excluding hydrogens is 235 g/mol. The van der Waals surface area contributed by atoms with Crippen LogP contribution in [0.1, 0.15) is 21.5 Å². The number of carbonyl (C=O) groups is 1. The molecule has 0 saturated heterocycles. The average molecular weight is 243 g/mol. The number of ether oxygens (including phenoxy) is 1. The molecule has 6 heteroatoms. The molecule has 0 aliphatic carbocycles. The van der Waals surface area contributed by atoms with Crippen LogP contribution in [-0.2, 0) is 12.6 Å². The molecule has 0 radical (unpaired) electrons. The average Bonchev–Trinajstić information content (AvgIpc) is 2.28. The third-order valence-corrected chi connectivity index (χ3v) is 2.17. The Labute approximate surface area is 95.4 Å². The second kappa shape index (κ2) is 4.87. The molecule has 0 saturated carbocycles. The fourth-order valence-corrected chi connectivity index (χ4v) is 1.39. The van der Waals surface area contributed by atoms with Crippen LogP contribution in [-0.4, -0.2) is 13.4 Å². The number of benzene rings is 1. The lowest BCUT2D eigenvalue weighted by Gasteiger charge is -2.13. The van der Waals surface area contributed by atoms with E-state index < -0.39 is 11.7 Å². The van der Waals surface area contributed by atoms with Crippen molar-refractivity contribution in [2.24, 2.45) is 0 Å². The Hall–Kier alpha value is -2.03. The van der Waals surface area contributed by atoms with E-state index in [0.29, 0.717) is 6.07 Å². The van der Waals surface area contributed by atoms with E-state index in [1.807, 2.05) is 0 Å². The van der Waals surface area contributed by atoms with Crippen molar-refractivity contribution in [2.75, 3.05) is 7.11 Å². The molecule has 0 bridgehead atoms. The Kier molecular flexibility index (Phi) is 3.73. The van der Waals surface area contributed by atoms with Gasteiger partial charge in [0.1, 0.15) is 5.75 Å². The van der Waals surface area contributed by atoms with E-state index in [9.17, 15) is 18.0 Å². The predicted molar refractivity (Wildman–Crippen MR) is 52.7 cm³/mol. The number of rotatable bonds is 3. The zero-order valence-corrected chi connectivity index (χ0v) is 8.84. The third kappa shape index (κ3) is 2.75. The summed E-state index contributed by atoms with van der Waals surface area (Å²) < 4.78 is 42.3. The van der Waals surface area contributed by atoms with Crippen molar-refractivity contribution in [3.05, 3.63) is 28.8 Å². The smallest absolute Gasteiger partial charge is 0.416 e. The van der Waals surface area contributed by atoms with Crippen LogP contribution in [0.15, 0.2) is 12.1 Å². The van der Waals surface area contributed by atoms with E-state index in [-0.39, 0.29) is 29.6 Å². The number of methoxy groups -OCH3 is 1. The van der Waals surface area contributed by atoms with Crippen LogP contribution in [0.25, 0.3) is 0 Å². The first-order valence-corrected chi connectivity index (χ1v) is 4.54. The lowest BCUT2D eigenvalue weighted by atomic mass is 10.0. The molecule has 1 aromatic rings. The maximum atomic E-state index is 12.5. The van der Waals surface area contributed by atoms with Gasteiger partial charge in [-0.1, -0.05) is 0 Å². The predicted octanol–water partition coefficient (Wildman–Crippen LogP) is 2.59. The number of hydrogen-bond acceptors (Lipinski definition) is 3. The fourth-order valence-electron chi connectivity index (χ4n) is 1.39. The van der Waals surface area contributed by atoms with Gasteiger partial charge >= 0.3 is 6.18 Å². The highest BCUT2D eigenvalue weighted by molar-refractivity contribution is 5.79. The Morgan fingerprint density at radius 1 is 1.47 bits per heavy atom. The number of halogens is 3. The van der Waals surface area contributed by atoms with Crippen molar-refractivity contribution >= 4 is 6.29 Å². The van der Waals surface area contributed by atoms with E-state index in [0.717, 1.165) is 6.07 Å². The molecule has 90 valence electrons. The standard InChI is InChI=1S/C11H8F3NO2/c1-17-10-5-8(11(12,13)14)4-7(6-16)9(10)2-3-15/h4-6H,2H2,1H3. The van der Waals surface area contributed by atoms with Crippen LogP contribution in [0.2, 0.25) is 0 Å². The topological polar surface area (TPSA) is 50.1 Å². The van der Waals surface area contributed by atoms with Crippen molar-refractivity contribution < 1.29 is 22.7 Å². The first-order chi connectivity index (χ1) is 7.93. The molecule has 3 nitrogen and oxygen atoms in total. The first-order valence-electron chi connectivity index (χ1n) is 4.54. The summed E-state index contributed by atoms with van der Waals surface area (Å²) in [5.41, 5.74) is -0.991. The maximum absolute atomic E-state index is 12.5. The lowest BCUT2D eigenvalue weighted by molar-refractivity contribution is -0.137. The highest BCUT2D eigenvalue weighted by atomic mass is 19.4. The molecule has 0 aromatic heterocycles. The van der Waals surface area contributed by atoms with Crippen molar-refractivity contribution in [1.29, 1.82) is 5.26 Å². The molecule has 0 heterocycles. The van der Waals surface area contributed by atoms with Gasteiger partial charge in [-0.2, -0.15) is 18.4 Å². The number of carbonyl (C=O) groups excluding carboxylic acids is 1. The second-order valence-corrected chi connectivity index (χ2v) is 3.20. The van der Waals surface area contributed by atoms with Gasteiger partial charge < -0.3 is 4.74 Å². The largest absolute Gasteiger partial charge is 0.496 e. The number of alkyl halides is 3. The molecule has 0 aliphatic rings. The molecule has 0 N–H and O–H groups in total. The third-order valence-electron chi connectivity index (χ3n) is 2.17. The zero-order chi connectivity index (χ0) is 13.1. The Morgan fingerprint density at radius 3 is 2.53 bits per heavy atom. The Balaban J connectivity index is 3.45. The summed E-state index contributed by atoms with van der Waals surface area (Å²) >= 11 is 0. The second-order valence-electron chi connectivity index (χ2n) is 3.20. The minimum atomic E-state index is -4.56. The van der Waals surface area contributed by atoms with Crippen LogP contribution < -0.4 is 4.74 Å². The first kappa shape index (κ1) is 13.0. The summed E-state index contributed by atoms with van der Waals surface area (Å²) in [6, 6.07) is 3.26. The van der Waals surface area contributed by atoms with Crippen molar-refractivity contribution in [3.63, 3.8) is 0 Å². The van der Waals surface area contributed by atoms with Crippen LogP contribution in [0.5, 0.6) is 5.75 Å². The molecular formula is C11H8F3NO2. The summed E-state index contributed by atoms with van der Waals surface area (Å²) in [7, 11) is 1.19. The highest BCUT2D eigenvalue weighted by Crippen LogP contribution is 2.34. The monoisotopic (exact) mass is 243 g/mol. The van der Waals surface area contributed by atoms with E-state index in [1.54, 1.807) is 6.07 Å². The van der Waals surface area contributed by atoms with E-state index in [2.05, 4.69) is 0 Å². The lowest BCUT2D eigenvalue weighted by Crippen LogP contribution is -2.08. The van der Waals surface area contributed by atoms with Gasteiger partial charge in [0, 0.05) is 11.1 Å². The molecule has 17 heavy (non-hydrogen) atoms. The molecule has 0 atom stereocenters. The summed E-state index contributed by atoms with van der Waals surface area (Å²) in [6.07, 6.45) is -4.46. The Morgan fingerprint density at radius 2 is 2.12 bits per heavy atom. The minimum absolute atomic E-state index is 0.108. The zero-order valence-electron chi connectivity index (χ0n) is 8.84. The molecule has 1 rings (SSSR count). The number of aldehydes is 1. The summed E-state index contributed by atoms with van der Waals surface area (Å²) in [5.74, 6) is -0.108. The maximum Gasteiger partial charge on any atom is 0.416 e. The Bertz CT molecular complexity index is 475. The minimum Gasteiger partial charge on any atom is -0.496 e. The fraction of sp³-hybridized carbons (Fsp3) is 0.273. The molecule has 0 aliphatic heterocycles. The van der Waals surface area contributed by atoms with Crippen LogP contribution in [0.3, 0.4) is 0 Å². The van der Waals surface area contributed by atoms with E-state index in [1.165, 1.54) is 7.11 Å². The van der Waals surface area contributed by atoms with Crippen molar-refractivity contribution in [1.82, 2.24) is 0 Å². The summed E-state index contributed by atoms with van der Waals surface area (Å²) in [5, 5.41) is 8.55. The van der Waals surface area contributed by atoms with Crippen molar-refractivity contribution in [3.8, 4) is 11.8 Å². The number of nitrogens with zero attached hydrogens (tertiary/aromatic N) is 1. The molecule has 0 spiro atoms. The molecule has 0 fully saturated rings. The van der Waals surface area contributed by atoms with Gasteiger partial charge in [-0.15, -0.1) is 0 Å². The van der Waals surface area contributed by atoms with Crippen LogP contribution in [0.4, 0.5) is 13.2 Å². The normalized spacial score (nSPS) is 10.8. The number of hydrogen-bond donors (Lipinski definition) is 0. The molecule has 1 aromatic carbocycles. The highest BCUT2D eigenvalue weighted by Gasteiger charge is 2.32. The summed E-state index contributed by atoms with van der Waals surface area (Å²) in [4.78, 5) is 10.7. The van der Waals surface area contributed by atoms with Gasteiger partial charge in [-0.05, 0) is 12.1 Å². The van der Waals surface area contributed by atoms with Gasteiger partial charge in [0.2, 0.25) is 0 Å². The quantitative estimate of drug-likeness (QED) is 0.766. The summed E-state index contributed by atoms with van der Waals surface area (Å²) in [6.45, 7) is 0. The van der Waals surface area contributed by atoms with E-state index >= 15 is 0 Å². The molecule has 0 amide bonds. The van der Waals surface area contributed by atoms with Gasteiger partial charge in [0.05, 0.1) is 25.2 Å². The van der Waals surface area contributed by atoms with Crippen molar-refractivity contribution in [2.45, 2.75) is 12.6 Å². The van der Waals surface area contributed by atoms with Crippen LogP contribution >= 0.6 is 0 Å².